The molecule has 206 valence electrons. The molecule has 9 heteroatoms. The lowest BCUT2D eigenvalue weighted by Gasteiger charge is -2.13. The number of ether oxygens (including phenoxy) is 4. The lowest BCUT2D eigenvalue weighted by atomic mass is 10.1. The third-order valence-electron chi connectivity index (χ3n) is 5.99. The second kappa shape index (κ2) is 13.7. The van der Waals surface area contributed by atoms with E-state index in [-0.39, 0.29) is 6.54 Å². The molecular weight excluding hydrogens is 510 g/mol. The standard InChI is InChI=1S/C31H31N3O6/c1-4-39-29-16-21(12-14-27(29)40-20-24-10-7-9-22-8-5-6-11-25(22)24)18-33-34-30(35)19-32-31(36)23-13-15-26(37-2)28(17-23)38-3/h5-18H,4,19-20H2,1-3H3,(H,32,36)(H,34,35). The van der Waals surface area contributed by atoms with E-state index in [9.17, 15) is 9.59 Å². The highest BCUT2D eigenvalue weighted by molar-refractivity contribution is 5.97. The number of fused-ring (bicyclic) bond motifs is 1. The quantitative estimate of drug-likeness (QED) is 0.199. The third kappa shape index (κ3) is 7.08. The first-order chi connectivity index (χ1) is 19.5. The van der Waals surface area contributed by atoms with Crippen molar-refractivity contribution in [3.8, 4) is 23.0 Å². The first-order valence-corrected chi connectivity index (χ1v) is 12.7. The summed E-state index contributed by atoms with van der Waals surface area (Å²) in [5, 5.41) is 8.84. The lowest BCUT2D eigenvalue weighted by molar-refractivity contribution is -0.120. The number of hydrogen-bond donors (Lipinski definition) is 2. The van der Waals surface area contributed by atoms with Gasteiger partial charge in [-0.15, -0.1) is 0 Å². The number of carbonyl (C=O) groups is 2. The van der Waals surface area contributed by atoms with Gasteiger partial charge in [-0.05, 0) is 65.2 Å². The number of benzene rings is 4. The van der Waals surface area contributed by atoms with Gasteiger partial charge in [0.1, 0.15) is 6.61 Å². The van der Waals surface area contributed by atoms with Crippen molar-refractivity contribution >= 4 is 28.8 Å². The zero-order chi connectivity index (χ0) is 28.3. The summed E-state index contributed by atoms with van der Waals surface area (Å²) in [4.78, 5) is 24.6. The van der Waals surface area contributed by atoms with E-state index in [1.165, 1.54) is 26.5 Å². The Kier molecular flexibility index (Phi) is 9.55. The molecule has 0 unspecified atom stereocenters. The average Bonchev–Trinajstić information content (AvgIpc) is 2.99. The van der Waals surface area contributed by atoms with Crippen molar-refractivity contribution in [3.05, 3.63) is 95.6 Å². The summed E-state index contributed by atoms with van der Waals surface area (Å²) in [5.41, 5.74) is 4.52. The molecule has 40 heavy (non-hydrogen) atoms. The van der Waals surface area contributed by atoms with Gasteiger partial charge in [-0.2, -0.15) is 5.10 Å². The zero-order valence-corrected chi connectivity index (χ0v) is 22.6. The predicted octanol–water partition coefficient (Wildman–Crippen LogP) is 4.71. The molecule has 0 aliphatic heterocycles. The van der Waals surface area contributed by atoms with Crippen LogP contribution >= 0.6 is 0 Å². The molecule has 2 N–H and O–H groups in total. The van der Waals surface area contributed by atoms with E-state index in [4.69, 9.17) is 18.9 Å². The number of hydrazone groups is 1. The first kappa shape index (κ1) is 28.0. The van der Waals surface area contributed by atoms with E-state index in [0.29, 0.717) is 47.3 Å². The molecule has 0 saturated carbocycles. The molecule has 4 aromatic carbocycles. The van der Waals surface area contributed by atoms with Gasteiger partial charge in [0.15, 0.2) is 23.0 Å². The molecule has 0 saturated heterocycles. The molecule has 0 radical (unpaired) electrons. The maximum Gasteiger partial charge on any atom is 0.259 e. The topological polar surface area (TPSA) is 107 Å². The van der Waals surface area contributed by atoms with E-state index in [0.717, 1.165) is 16.3 Å². The molecular formula is C31H31N3O6. The van der Waals surface area contributed by atoms with Crippen LogP contribution < -0.4 is 29.7 Å². The third-order valence-corrected chi connectivity index (χ3v) is 5.99. The van der Waals surface area contributed by atoms with Gasteiger partial charge in [-0.1, -0.05) is 42.5 Å². The summed E-state index contributed by atoms with van der Waals surface area (Å²) < 4.78 is 22.3. The molecule has 0 heterocycles. The van der Waals surface area contributed by atoms with Gasteiger partial charge in [0, 0.05) is 5.56 Å². The molecule has 9 nitrogen and oxygen atoms in total. The highest BCUT2D eigenvalue weighted by atomic mass is 16.5. The number of methoxy groups -OCH3 is 2. The number of rotatable bonds is 12. The molecule has 0 aliphatic carbocycles. The van der Waals surface area contributed by atoms with Crippen molar-refractivity contribution < 1.29 is 28.5 Å². The van der Waals surface area contributed by atoms with Crippen molar-refractivity contribution in [3.63, 3.8) is 0 Å². The monoisotopic (exact) mass is 541 g/mol. The maximum absolute atomic E-state index is 12.4. The van der Waals surface area contributed by atoms with Crippen LogP contribution in [0.2, 0.25) is 0 Å². The van der Waals surface area contributed by atoms with E-state index < -0.39 is 11.8 Å². The minimum Gasteiger partial charge on any atom is -0.493 e. The van der Waals surface area contributed by atoms with E-state index in [1.54, 1.807) is 18.2 Å². The molecule has 0 atom stereocenters. The van der Waals surface area contributed by atoms with Gasteiger partial charge in [0.2, 0.25) is 0 Å². The van der Waals surface area contributed by atoms with Crippen LogP contribution in [0.5, 0.6) is 23.0 Å². The van der Waals surface area contributed by atoms with Gasteiger partial charge in [0.25, 0.3) is 11.8 Å². The minimum atomic E-state index is -0.481. The summed E-state index contributed by atoms with van der Waals surface area (Å²) >= 11 is 0. The Morgan fingerprint density at radius 3 is 2.40 bits per heavy atom. The molecule has 2 amide bonds. The Morgan fingerprint density at radius 2 is 1.60 bits per heavy atom. The highest BCUT2D eigenvalue weighted by Crippen LogP contribution is 2.30. The van der Waals surface area contributed by atoms with Crippen molar-refractivity contribution in [2.75, 3.05) is 27.4 Å². The van der Waals surface area contributed by atoms with Crippen LogP contribution in [0.3, 0.4) is 0 Å². The van der Waals surface area contributed by atoms with Crippen LogP contribution in [0.15, 0.2) is 84.0 Å². The number of nitrogens with one attached hydrogen (secondary N) is 2. The fourth-order valence-corrected chi connectivity index (χ4v) is 4.02. The molecule has 0 fully saturated rings. The Morgan fingerprint density at radius 1 is 0.825 bits per heavy atom. The highest BCUT2D eigenvalue weighted by Gasteiger charge is 2.12. The van der Waals surface area contributed by atoms with Crippen LogP contribution in [0.1, 0.15) is 28.4 Å². The van der Waals surface area contributed by atoms with Gasteiger partial charge in [0.05, 0.1) is 33.6 Å². The van der Waals surface area contributed by atoms with Gasteiger partial charge < -0.3 is 24.3 Å². The molecule has 0 aromatic heterocycles. The SMILES string of the molecule is CCOc1cc(C=NNC(=O)CNC(=O)c2ccc(OC)c(OC)c2)ccc1OCc1cccc2ccccc12. The van der Waals surface area contributed by atoms with Crippen molar-refractivity contribution in [1.29, 1.82) is 0 Å². The van der Waals surface area contributed by atoms with Gasteiger partial charge >= 0.3 is 0 Å². The van der Waals surface area contributed by atoms with Gasteiger partial charge in [-0.25, -0.2) is 5.43 Å². The fraction of sp³-hybridized carbons (Fsp3) is 0.194. The van der Waals surface area contributed by atoms with E-state index in [1.807, 2.05) is 43.3 Å². The van der Waals surface area contributed by atoms with Crippen LogP contribution in [0, 0.1) is 0 Å². The van der Waals surface area contributed by atoms with Crippen LogP contribution in [0.4, 0.5) is 0 Å². The van der Waals surface area contributed by atoms with E-state index in [2.05, 4.69) is 34.0 Å². The number of nitrogens with zero attached hydrogens (tertiary/aromatic N) is 1. The average molecular weight is 542 g/mol. The molecule has 0 aliphatic rings. The normalized spacial score (nSPS) is 10.8. The molecule has 0 spiro atoms. The summed E-state index contributed by atoms with van der Waals surface area (Å²) in [7, 11) is 2.99. The van der Waals surface area contributed by atoms with Crippen LogP contribution in [-0.2, 0) is 11.4 Å². The summed E-state index contributed by atoms with van der Waals surface area (Å²) in [6.07, 6.45) is 1.49. The summed E-state index contributed by atoms with van der Waals surface area (Å²) in [6.45, 7) is 2.49. The first-order valence-electron chi connectivity index (χ1n) is 12.7. The molecule has 0 bridgehead atoms. The number of carbonyl (C=O) groups excluding carboxylic acids is 2. The van der Waals surface area contributed by atoms with E-state index >= 15 is 0 Å². The largest absolute Gasteiger partial charge is 0.493 e. The predicted molar refractivity (Wildman–Crippen MR) is 154 cm³/mol. The van der Waals surface area contributed by atoms with Crippen LogP contribution in [-0.4, -0.2) is 45.4 Å². The molecule has 4 rings (SSSR count). The van der Waals surface area contributed by atoms with Crippen molar-refractivity contribution in [1.82, 2.24) is 10.7 Å². The minimum absolute atomic E-state index is 0.254. The number of hydrogen-bond acceptors (Lipinski definition) is 7. The Labute approximate surface area is 232 Å². The van der Waals surface area contributed by atoms with Crippen molar-refractivity contribution in [2.24, 2.45) is 5.10 Å². The zero-order valence-electron chi connectivity index (χ0n) is 22.6. The van der Waals surface area contributed by atoms with Crippen molar-refractivity contribution in [2.45, 2.75) is 13.5 Å². The Hall–Kier alpha value is -5.05. The number of amides is 2. The molecule has 4 aromatic rings. The smallest absolute Gasteiger partial charge is 0.259 e. The maximum atomic E-state index is 12.4. The second-order valence-electron chi connectivity index (χ2n) is 8.61. The Bertz CT molecular complexity index is 1510. The lowest BCUT2D eigenvalue weighted by Crippen LogP contribution is -2.34. The summed E-state index contributed by atoms with van der Waals surface area (Å²) in [6, 6.07) is 24.5. The van der Waals surface area contributed by atoms with Gasteiger partial charge in [-0.3, -0.25) is 9.59 Å². The fourth-order valence-electron chi connectivity index (χ4n) is 4.02. The van der Waals surface area contributed by atoms with Crippen LogP contribution in [0.25, 0.3) is 10.8 Å². The summed E-state index contributed by atoms with van der Waals surface area (Å²) in [5.74, 6) is 1.18. The Balaban J connectivity index is 1.32. The second-order valence-corrected chi connectivity index (χ2v) is 8.61.